The van der Waals surface area contributed by atoms with Gasteiger partial charge in [0.2, 0.25) is 0 Å². The monoisotopic (exact) mass is 208 g/mol. The van der Waals surface area contributed by atoms with E-state index in [-0.39, 0.29) is 0 Å². The fourth-order valence-corrected chi connectivity index (χ4v) is 1.36. The summed E-state index contributed by atoms with van der Waals surface area (Å²) >= 11 is 0. The highest BCUT2D eigenvalue weighted by Gasteiger charge is 2.11. The average molecular weight is 208 g/mol. The van der Waals surface area contributed by atoms with Gasteiger partial charge in [-0.1, -0.05) is 0 Å². The molecule has 6 heteroatoms. The Hall–Kier alpha value is -2.24. The van der Waals surface area contributed by atoms with Crippen molar-refractivity contribution in [3.63, 3.8) is 0 Å². The van der Waals surface area contributed by atoms with Gasteiger partial charge in [-0.2, -0.15) is 0 Å². The van der Waals surface area contributed by atoms with Crippen LogP contribution in [0.15, 0.2) is 27.4 Å². The van der Waals surface area contributed by atoms with Gasteiger partial charge in [0.15, 0.2) is 5.58 Å². The van der Waals surface area contributed by atoms with E-state index in [4.69, 9.17) is 15.3 Å². The van der Waals surface area contributed by atoms with Gasteiger partial charge in [-0.3, -0.25) is 9.36 Å². The molecule has 1 aromatic carbocycles. The number of anilines is 1. The van der Waals surface area contributed by atoms with Crippen LogP contribution in [-0.2, 0) is 11.3 Å². The smallest absolute Gasteiger partial charge is 0.420 e. The van der Waals surface area contributed by atoms with Crippen molar-refractivity contribution in [1.29, 1.82) is 0 Å². The third-order valence-electron chi connectivity index (χ3n) is 1.98. The minimum absolute atomic E-state index is 0.329. The molecule has 0 bridgehead atoms. The summed E-state index contributed by atoms with van der Waals surface area (Å²) in [5.74, 6) is -1.81. The number of carboxylic acid groups (broad SMARTS) is 1. The van der Waals surface area contributed by atoms with Crippen molar-refractivity contribution < 1.29 is 14.3 Å². The first-order valence-corrected chi connectivity index (χ1v) is 4.18. The molecule has 3 N–H and O–H groups in total. The summed E-state index contributed by atoms with van der Waals surface area (Å²) in [6.45, 7) is -0.435. The predicted molar refractivity (Wildman–Crippen MR) is 52.5 cm³/mol. The highest BCUT2D eigenvalue weighted by Crippen LogP contribution is 2.15. The molecule has 2 aromatic rings. The maximum Gasteiger partial charge on any atom is 0.420 e. The van der Waals surface area contributed by atoms with Gasteiger partial charge < -0.3 is 15.3 Å². The van der Waals surface area contributed by atoms with E-state index in [0.717, 1.165) is 4.57 Å². The van der Waals surface area contributed by atoms with Crippen LogP contribution in [-0.4, -0.2) is 15.6 Å². The number of hydrogen-bond donors (Lipinski definition) is 2. The minimum atomic E-state index is -1.11. The molecule has 1 aromatic heterocycles. The normalized spacial score (nSPS) is 10.7. The minimum Gasteiger partial charge on any atom is -0.480 e. The maximum atomic E-state index is 11.3. The Morgan fingerprint density at radius 1 is 1.53 bits per heavy atom. The van der Waals surface area contributed by atoms with E-state index in [2.05, 4.69) is 0 Å². The van der Waals surface area contributed by atoms with Crippen LogP contribution in [0.2, 0.25) is 0 Å². The van der Waals surface area contributed by atoms with Crippen LogP contribution in [0.5, 0.6) is 0 Å². The first-order valence-electron chi connectivity index (χ1n) is 4.18. The average Bonchev–Trinajstić information content (AvgIpc) is 2.43. The number of hydrogen-bond acceptors (Lipinski definition) is 4. The maximum absolute atomic E-state index is 11.3. The summed E-state index contributed by atoms with van der Waals surface area (Å²) in [7, 11) is 0. The van der Waals surface area contributed by atoms with Crippen molar-refractivity contribution in [2.24, 2.45) is 0 Å². The second kappa shape index (κ2) is 3.16. The van der Waals surface area contributed by atoms with Gasteiger partial charge in [0.05, 0.1) is 5.52 Å². The first kappa shape index (κ1) is 9.32. The first-order chi connectivity index (χ1) is 7.08. The Labute approximate surface area is 83.5 Å². The molecule has 0 aliphatic rings. The summed E-state index contributed by atoms with van der Waals surface area (Å²) < 4.78 is 5.87. The second-order valence-electron chi connectivity index (χ2n) is 3.08. The van der Waals surface area contributed by atoms with Gasteiger partial charge in [-0.25, -0.2) is 4.79 Å². The molecule has 0 amide bonds. The zero-order valence-corrected chi connectivity index (χ0v) is 7.64. The van der Waals surface area contributed by atoms with E-state index >= 15 is 0 Å². The van der Waals surface area contributed by atoms with Crippen molar-refractivity contribution in [2.75, 3.05) is 5.73 Å². The van der Waals surface area contributed by atoms with Crippen molar-refractivity contribution in [3.05, 3.63) is 28.7 Å². The van der Waals surface area contributed by atoms with Crippen LogP contribution in [0, 0.1) is 0 Å². The van der Waals surface area contributed by atoms with Crippen LogP contribution >= 0.6 is 0 Å². The van der Waals surface area contributed by atoms with Gasteiger partial charge in [-0.15, -0.1) is 0 Å². The Bertz CT molecular complexity index is 581. The Balaban J connectivity index is 2.70. The molecule has 0 atom stereocenters. The summed E-state index contributed by atoms with van der Waals surface area (Å²) in [5, 5.41) is 8.61. The number of nitrogens with two attached hydrogens (primary N) is 1. The fourth-order valence-electron chi connectivity index (χ4n) is 1.36. The number of aliphatic carboxylic acids is 1. The van der Waals surface area contributed by atoms with E-state index in [1.807, 2.05) is 0 Å². The number of aromatic nitrogens is 1. The van der Waals surface area contributed by atoms with Crippen molar-refractivity contribution in [3.8, 4) is 0 Å². The Kier molecular flexibility index (Phi) is 1.96. The molecule has 6 nitrogen and oxygen atoms in total. The SMILES string of the molecule is Nc1ccc2oc(=O)n(CC(=O)O)c2c1. The molecule has 0 saturated heterocycles. The number of nitrogen functional groups attached to an aromatic ring is 1. The van der Waals surface area contributed by atoms with E-state index < -0.39 is 18.3 Å². The molecular formula is C9H8N2O4. The molecule has 0 fully saturated rings. The zero-order chi connectivity index (χ0) is 11.0. The van der Waals surface area contributed by atoms with Crippen LogP contribution in [0.25, 0.3) is 11.1 Å². The van der Waals surface area contributed by atoms with Gasteiger partial charge in [-0.05, 0) is 18.2 Å². The Morgan fingerprint density at radius 3 is 2.93 bits per heavy atom. The summed E-state index contributed by atoms with van der Waals surface area (Å²) in [6, 6.07) is 4.62. The number of oxazole rings is 1. The third-order valence-corrected chi connectivity index (χ3v) is 1.98. The number of benzene rings is 1. The second-order valence-corrected chi connectivity index (χ2v) is 3.08. The lowest BCUT2D eigenvalue weighted by molar-refractivity contribution is -0.137. The van der Waals surface area contributed by atoms with Crippen LogP contribution in [0.1, 0.15) is 0 Å². The highest BCUT2D eigenvalue weighted by molar-refractivity contribution is 5.78. The van der Waals surface area contributed by atoms with Gasteiger partial charge >= 0.3 is 11.7 Å². The third kappa shape index (κ3) is 1.56. The van der Waals surface area contributed by atoms with Crippen molar-refractivity contribution in [1.82, 2.24) is 4.57 Å². The fraction of sp³-hybridized carbons (Fsp3) is 0.111. The molecule has 1 heterocycles. The molecule has 0 aliphatic heterocycles. The highest BCUT2D eigenvalue weighted by atomic mass is 16.4. The molecule has 78 valence electrons. The number of nitrogens with zero attached hydrogens (tertiary/aromatic N) is 1. The summed E-state index contributed by atoms with van der Waals surface area (Å²) in [4.78, 5) is 21.8. The number of carbonyl (C=O) groups is 1. The summed E-state index contributed by atoms with van der Waals surface area (Å²) in [6.07, 6.45) is 0. The van der Waals surface area contributed by atoms with Gasteiger partial charge in [0.25, 0.3) is 0 Å². The van der Waals surface area contributed by atoms with Gasteiger partial charge in [0, 0.05) is 5.69 Å². The standard InChI is InChI=1S/C9H8N2O4/c10-5-1-2-7-6(3-5)11(4-8(12)13)9(14)15-7/h1-3H,4,10H2,(H,12,13). The zero-order valence-electron chi connectivity index (χ0n) is 7.64. The van der Waals surface area contributed by atoms with E-state index in [1.165, 1.54) is 12.1 Å². The van der Waals surface area contributed by atoms with Crippen molar-refractivity contribution in [2.45, 2.75) is 6.54 Å². The largest absolute Gasteiger partial charge is 0.480 e. The number of carboxylic acids is 1. The molecule has 0 radical (unpaired) electrons. The molecular weight excluding hydrogens is 200 g/mol. The number of fused-ring (bicyclic) bond motifs is 1. The quantitative estimate of drug-likeness (QED) is 0.690. The predicted octanol–water partition coefficient (Wildman–Crippen LogP) is 0.261. The molecule has 0 aliphatic carbocycles. The van der Waals surface area contributed by atoms with E-state index in [9.17, 15) is 9.59 Å². The van der Waals surface area contributed by atoms with Crippen LogP contribution < -0.4 is 11.5 Å². The van der Waals surface area contributed by atoms with Crippen molar-refractivity contribution >= 4 is 22.8 Å². The lowest BCUT2D eigenvalue weighted by atomic mass is 10.3. The molecule has 0 unspecified atom stereocenters. The van der Waals surface area contributed by atoms with Crippen LogP contribution in [0.3, 0.4) is 0 Å². The number of rotatable bonds is 2. The molecule has 0 saturated carbocycles. The topological polar surface area (TPSA) is 98.5 Å². The summed E-state index contributed by atoms with van der Waals surface area (Å²) in [5.41, 5.74) is 6.70. The van der Waals surface area contributed by atoms with E-state index in [1.54, 1.807) is 6.07 Å². The molecule has 2 rings (SSSR count). The van der Waals surface area contributed by atoms with E-state index in [0.29, 0.717) is 16.8 Å². The molecule has 0 spiro atoms. The lowest BCUT2D eigenvalue weighted by Crippen LogP contribution is -2.19. The molecule has 15 heavy (non-hydrogen) atoms. The van der Waals surface area contributed by atoms with Gasteiger partial charge in [0.1, 0.15) is 6.54 Å². The lowest BCUT2D eigenvalue weighted by Gasteiger charge is -1.97. The van der Waals surface area contributed by atoms with Crippen LogP contribution in [0.4, 0.5) is 5.69 Å². The Morgan fingerprint density at radius 2 is 2.27 bits per heavy atom.